The zero-order valence-electron chi connectivity index (χ0n) is 18.2. The fraction of sp³-hybridized carbons (Fsp3) is 0.682. The minimum Gasteiger partial charge on any atom is -0.497 e. The number of amides is 1. The Labute approximate surface area is 173 Å². The molecule has 7 nitrogen and oxygen atoms in total. The van der Waals surface area contributed by atoms with Gasteiger partial charge in [0.1, 0.15) is 11.9 Å². The SMILES string of the molecule is COc1cccc(CO[C@]2(C(=O)NC(C)C)C[C@H](OC)[C@@H]3OC(C)(C)O[C@@H]3C2)c1. The average Bonchev–Trinajstić information content (AvgIpc) is 2.98. The number of nitrogens with one attached hydrogen (secondary N) is 1. The number of benzene rings is 1. The highest BCUT2D eigenvalue weighted by molar-refractivity contribution is 5.85. The molecule has 0 aromatic heterocycles. The molecule has 4 atom stereocenters. The van der Waals surface area contributed by atoms with E-state index in [0.29, 0.717) is 12.8 Å². The van der Waals surface area contributed by atoms with E-state index in [-0.39, 0.29) is 36.9 Å². The molecule has 3 rings (SSSR count). The summed E-state index contributed by atoms with van der Waals surface area (Å²) in [5.41, 5.74) is -0.139. The third kappa shape index (κ3) is 4.91. The van der Waals surface area contributed by atoms with Crippen LogP contribution in [-0.2, 0) is 30.3 Å². The van der Waals surface area contributed by atoms with Crippen molar-refractivity contribution in [3.63, 3.8) is 0 Å². The van der Waals surface area contributed by atoms with Crippen LogP contribution in [0.1, 0.15) is 46.1 Å². The van der Waals surface area contributed by atoms with Crippen LogP contribution >= 0.6 is 0 Å². The summed E-state index contributed by atoms with van der Waals surface area (Å²) in [5.74, 6) is -0.118. The quantitative estimate of drug-likeness (QED) is 0.749. The van der Waals surface area contributed by atoms with Gasteiger partial charge in [0.25, 0.3) is 5.91 Å². The van der Waals surface area contributed by atoms with Crippen LogP contribution in [0.25, 0.3) is 0 Å². The Morgan fingerprint density at radius 2 is 2.00 bits per heavy atom. The van der Waals surface area contributed by atoms with Gasteiger partial charge in [0.2, 0.25) is 0 Å². The van der Waals surface area contributed by atoms with Crippen molar-refractivity contribution in [3.8, 4) is 5.75 Å². The number of fused-ring (bicyclic) bond motifs is 1. The minimum atomic E-state index is -1.07. The third-order valence-corrected chi connectivity index (χ3v) is 5.44. The summed E-state index contributed by atoms with van der Waals surface area (Å²) in [4.78, 5) is 13.3. The van der Waals surface area contributed by atoms with Gasteiger partial charge in [-0.3, -0.25) is 4.79 Å². The average molecular weight is 408 g/mol. The molecule has 1 N–H and O–H groups in total. The summed E-state index contributed by atoms with van der Waals surface area (Å²) in [6, 6.07) is 7.64. The molecule has 1 amide bonds. The first-order valence-corrected chi connectivity index (χ1v) is 10.1. The summed E-state index contributed by atoms with van der Waals surface area (Å²) in [7, 11) is 3.26. The number of hydrogen-bond donors (Lipinski definition) is 1. The van der Waals surface area contributed by atoms with Gasteiger partial charge < -0.3 is 29.0 Å². The van der Waals surface area contributed by atoms with Gasteiger partial charge in [0.15, 0.2) is 11.4 Å². The lowest BCUT2D eigenvalue weighted by Gasteiger charge is -2.43. The number of rotatable bonds is 7. The second kappa shape index (κ2) is 8.60. The Bertz CT molecular complexity index is 721. The van der Waals surface area contributed by atoms with Crippen molar-refractivity contribution >= 4 is 5.91 Å². The van der Waals surface area contributed by atoms with E-state index in [0.717, 1.165) is 11.3 Å². The van der Waals surface area contributed by atoms with E-state index in [2.05, 4.69) is 5.32 Å². The molecule has 1 heterocycles. The van der Waals surface area contributed by atoms with Gasteiger partial charge in [-0.1, -0.05) is 12.1 Å². The van der Waals surface area contributed by atoms with Crippen LogP contribution in [0.5, 0.6) is 5.75 Å². The van der Waals surface area contributed by atoms with Crippen molar-refractivity contribution in [2.45, 2.75) is 82.9 Å². The molecule has 2 aliphatic rings. The Morgan fingerprint density at radius 1 is 1.24 bits per heavy atom. The van der Waals surface area contributed by atoms with Gasteiger partial charge in [-0.15, -0.1) is 0 Å². The lowest BCUT2D eigenvalue weighted by Crippen LogP contribution is -2.60. The first-order valence-electron chi connectivity index (χ1n) is 10.1. The predicted molar refractivity (Wildman–Crippen MR) is 108 cm³/mol. The second-order valence-corrected chi connectivity index (χ2v) is 8.58. The van der Waals surface area contributed by atoms with Crippen molar-refractivity contribution < 1.29 is 28.5 Å². The second-order valence-electron chi connectivity index (χ2n) is 8.58. The number of methoxy groups -OCH3 is 2. The zero-order valence-corrected chi connectivity index (χ0v) is 18.2. The number of ether oxygens (including phenoxy) is 5. The van der Waals surface area contributed by atoms with Gasteiger partial charge in [-0.25, -0.2) is 0 Å². The van der Waals surface area contributed by atoms with Gasteiger partial charge in [0.05, 0.1) is 25.9 Å². The summed E-state index contributed by atoms with van der Waals surface area (Å²) >= 11 is 0. The maximum Gasteiger partial charge on any atom is 0.252 e. The van der Waals surface area contributed by atoms with E-state index in [1.54, 1.807) is 14.2 Å². The van der Waals surface area contributed by atoms with E-state index in [4.69, 9.17) is 23.7 Å². The fourth-order valence-corrected chi connectivity index (χ4v) is 4.15. The van der Waals surface area contributed by atoms with E-state index >= 15 is 0 Å². The van der Waals surface area contributed by atoms with E-state index < -0.39 is 11.4 Å². The zero-order chi connectivity index (χ0) is 21.2. The van der Waals surface area contributed by atoms with Crippen molar-refractivity contribution in [1.29, 1.82) is 0 Å². The highest BCUT2D eigenvalue weighted by Gasteiger charge is 2.57. The van der Waals surface area contributed by atoms with Crippen LogP contribution < -0.4 is 10.1 Å². The van der Waals surface area contributed by atoms with Gasteiger partial charge in [-0.2, -0.15) is 0 Å². The molecule has 162 valence electrons. The molecule has 0 spiro atoms. The van der Waals surface area contributed by atoms with E-state index in [1.807, 2.05) is 52.0 Å². The molecule has 0 radical (unpaired) electrons. The molecule has 1 aromatic rings. The maximum atomic E-state index is 13.3. The van der Waals surface area contributed by atoms with Gasteiger partial charge in [-0.05, 0) is 45.4 Å². The van der Waals surface area contributed by atoms with Crippen LogP contribution in [0.15, 0.2) is 24.3 Å². The molecule has 1 aliphatic heterocycles. The first kappa shape index (κ1) is 22.0. The highest BCUT2D eigenvalue weighted by atomic mass is 16.8. The fourth-order valence-electron chi connectivity index (χ4n) is 4.15. The van der Waals surface area contributed by atoms with Crippen LogP contribution in [0.3, 0.4) is 0 Å². The molecule has 1 aliphatic carbocycles. The molecule has 1 aromatic carbocycles. The predicted octanol–water partition coefficient (Wildman–Crippen LogP) is 2.80. The van der Waals surface area contributed by atoms with Crippen LogP contribution in [0.4, 0.5) is 0 Å². The molecule has 0 unspecified atom stereocenters. The van der Waals surface area contributed by atoms with Crippen molar-refractivity contribution in [1.82, 2.24) is 5.32 Å². The van der Waals surface area contributed by atoms with Crippen molar-refractivity contribution in [3.05, 3.63) is 29.8 Å². The topological polar surface area (TPSA) is 75.3 Å². The standard InChI is InChI=1S/C22H33NO6/c1-14(2)23-20(24)22(27-13-15-8-7-9-16(10-15)25-5)11-17(26-6)19-18(12-22)28-21(3,4)29-19/h7-10,14,17-19H,11-13H2,1-6H3,(H,23,24)/t17-,18+,19-,22+/m0/s1. The lowest BCUT2D eigenvalue weighted by molar-refractivity contribution is -0.178. The molecule has 1 saturated carbocycles. The van der Waals surface area contributed by atoms with Gasteiger partial charge >= 0.3 is 0 Å². The molecule has 29 heavy (non-hydrogen) atoms. The van der Waals surface area contributed by atoms with Crippen LogP contribution in [-0.4, -0.2) is 55.9 Å². The molecule has 2 fully saturated rings. The smallest absolute Gasteiger partial charge is 0.252 e. The summed E-state index contributed by atoms with van der Waals surface area (Å²) < 4.78 is 29.5. The summed E-state index contributed by atoms with van der Waals surface area (Å²) in [6.07, 6.45) is -0.0168. The molecular weight excluding hydrogens is 374 g/mol. The molecule has 7 heteroatoms. The van der Waals surface area contributed by atoms with Crippen molar-refractivity contribution in [2.24, 2.45) is 0 Å². The third-order valence-electron chi connectivity index (χ3n) is 5.44. The Hall–Kier alpha value is -1.67. The van der Waals surface area contributed by atoms with Crippen LogP contribution in [0, 0.1) is 0 Å². The van der Waals surface area contributed by atoms with E-state index in [9.17, 15) is 4.79 Å². The Balaban J connectivity index is 1.86. The molecular formula is C22H33NO6. The lowest BCUT2D eigenvalue weighted by atomic mass is 9.78. The van der Waals surface area contributed by atoms with Gasteiger partial charge in [0, 0.05) is 26.0 Å². The normalized spacial score (nSPS) is 30.8. The van der Waals surface area contributed by atoms with Crippen molar-refractivity contribution in [2.75, 3.05) is 14.2 Å². The van der Waals surface area contributed by atoms with E-state index in [1.165, 1.54) is 0 Å². The highest BCUT2D eigenvalue weighted by Crippen LogP contribution is 2.44. The monoisotopic (exact) mass is 407 g/mol. The number of carbonyl (C=O) groups excluding carboxylic acids is 1. The molecule has 0 bridgehead atoms. The number of hydrogen-bond acceptors (Lipinski definition) is 6. The molecule has 1 saturated heterocycles. The minimum absolute atomic E-state index is 0.00398. The summed E-state index contributed by atoms with van der Waals surface area (Å²) in [5, 5.41) is 3.02. The summed E-state index contributed by atoms with van der Waals surface area (Å²) in [6.45, 7) is 7.91. The first-order chi connectivity index (χ1) is 13.7. The van der Waals surface area contributed by atoms with Crippen LogP contribution in [0.2, 0.25) is 0 Å². The number of carbonyl (C=O) groups is 1. The Kier molecular flexibility index (Phi) is 6.53. The Morgan fingerprint density at radius 3 is 2.66 bits per heavy atom. The largest absolute Gasteiger partial charge is 0.497 e. The maximum absolute atomic E-state index is 13.3.